The SMILES string of the molecule is COC(=O)/C(C#N)=C/Nc1ccc(C(=O)N2CCCCCC2)cc1. The smallest absolute Gasteiger partial charge is 0.350 e. The summed E-state index contributed by atoms with van der Waals surface area (Å²) in [7, 11) is 1.22. The number of hydrogen-bond acceptors (Lipinski definition) is 5. The molecule has 1 amide bonds. The Bertz CT molecular complexity index is 651. The highest BCUT2D eigenvalue weighted by Crippen LogP contribution is 2.16. The van der Waals surface area contributed by atoms with Gasteiger partial charge in [-0.3, -0.25) is 4.79 Å². The van der Waals surface area contributed by atoms with Crippen LogP contribution in [0.1, 0.15) is 36.0 Å². The molecule has 1 N–H and O–H groups in total. The number of anilines is 1. The van der Waals surface area contributed by atoms with Crippen LogP contribution in [0.3, 0.4) is 0 Å². The van der Waals surface area contributed by atoms with Crippen LogP contribution in [0.25, 0.3) is 0 Å². The first kappa shape index (κ1) is 17.5. The van der Waals surface area contributed by atoms with E-state index in [1.807, 2.05) is 4.90 Å². The zero-order valence-corrected chi connectivity index (χ0v) is 13.7. The number of nitrogens with zero attached hydrogens (tertiary/aromatic N) is 2. The van der Waals surface area contributed by atoms with Gasteiger partial charge in [0.1, 0.15) is 6.07 Å². The molecule has 0 aliphatic carbocycles. The van der Waals surface area contributed by atoms with E-state index in [0.717, 1.165) is 25.9 Å². The van der Waals surface area contributed by atoms with Crippen LogP contribution < -0.4 is 5.32 Å². The van der Waals surface area contributed by atoms with Crippen LogP contribution in [-0.4, -0.2) is 37.0 Å². The first-order valence-electron chi connectivity index (χ1n) is 8.00. The van der Waals surface area contributed by atoms with Crippen molar-refractivity contribution < 1.29 is 14.3 Å². The van der Waals surface area contributed by atoms with E-state index in [0.29, 0.717) is 11.3 Å². The maximum atomic E-state index is 12.5. The molecular formula is C18H21N3O3. The molecule has 0 aromatic heterocycles. The number of benzene rings is 1. The van der Waals surface area contributed by atoms with Gasteiger partial charge in [-0.05, 0) is 37.1 Å². The first-order chi connectivity index (χ1) is 11.7. The Labute approximate surface area is 141 Å². The fourth-order valence-electron chi connectivity index (χ4n) is 2.57. The van der Waals surface area contributed by atoms with Crippen molar-refractivity contribution in [2.24, 2.45) is 0 Å². The van der Waals surface area contributed by atoms with Gasteiger partial charge in [0, 0.05) is 30.5 Å². The second-order valence-corrected chi connectivity index (χ2v) is 5.59. The summed E-state index contributed by atoms with van der Waals surface area (Å²) in [6.45, 7) is 1.62. The second kappa shape index (κ2) is 8.73. The molecule has 1 heterocycles. The number of nitriles is 1. The normalized spacial score (nSPS) is 15.2. The molecule has 1 aromatic rings. The maximum Gasteiger partial charge on any atom is 0.350 e. The Hall–Kier alpha value is -2.81. The quantitative estimate of drug-likeness (QED) is 0.522. The predicted octanol–water partition coefficient (Wildman–Crippen LogP) is 2.70. The van der Waals surface area contributed by atoms with Crippen molar-refractivity contribution in [1.29, 1.82) is 5.26 Å². The third-order valence-electron chi connectivity index (χ3n) is 3.93. The Balaban J connectivity index is 2.02. The number of esters is 1. The van der Waals surface area contributed by atoms with Crippen LogP contribution in [0.5, 0.6) is 0 Å². The van der Waals surface area contributed by atoms with Gasteiger partial charge in [-0.15, -0.1) is 0 Å². The molecule has 2 rings (SSSR count). The molecule has 0 spiro atoms. The molecule has 0 unspecified atom stereocenters. The molecular weight excluding hydrogens is 306 g/mol. The molecule has 6 heteroatoms. The number of methoxy groups -OCH3 is 1. The molecule has 0 radical (unpaired) electrons. The summed E-state index contributed by atoms with van der Waals surface area (Å²) < 4.78 is 4.50. The summed E-state index contributed by atoms with van der Waals surface area (Å²) in [6, 6.07) is 8.74. The molecule has 1 aliphatic rings. The summed E-state index contributed by atoms with van der Waals surface area (Å²) >= 11 is 0. The number of carbonyl (C=O) groups excluding carboxylic acids is 2. The first-order valence-corrected chi connectivity index (χ1v) is 8.00. The molecule has 0 bridgehead atoms. The molecule has 0 saturated carbocycles. The number of carbonyl (C=O) groups is 2. The van der Waals surface area contributed by atoms with E-state index < -0.39 is 5.97 Å². The summed E-state index contributed by atoms with van der Waals surface area (Å²) in [6.07, 6.45) is 5.76. The lowest BCUT2D eigenvalue weighted by Crippen LogP contribution is -2.31. The fraction of sp³-hybridized carbons (Fsp3) is 0.389. The summed E-state index contributed by atoms with van der Waals surface area (Å²) in [5.41, 5.74) is 1.20. The van der Waals surface area contributed by atoms with Crippen molar-refractivity contribution in [3.8, 4) is 6.07 Å². The molecule has 0 atom stereocenters. The number of nitrogens with one attached hydrogen (secondary N) is 1. The lowest BCUT2D eigenvalue weighted by molar-refractivity contribution is -0.135. The largest absolute Gasteiger partial charge is 0.465 e. The van der Waals surface area contributed by atoms with Gasteiger partial charge in [0.25, 0.3) is 5.91 Å². The van der Waals surface area contributed by atoms with Crippen LogP contribution in [0.4, 0.5) is 5.69 Å². The van der Waals surface area contributed by atoms with E-state index in [2.05, 4.69) is 10.1 Å². The summed E-state index contributed by atoms with van der Waals surface area (Å²) in [5.74, 6) is -0.649. The zero-order valence-electron chi connectivity index (χ0n) is 13.7. The van der Waals surface area contributed by atoms with Gasteiger partial charge < -0.3 is 15.0 Å². The van der Waals surface area contributed by atoms with Gasteiger partial charge in [-0.25, -0.2) is 4.79 Å². The topological polar surface area (TPSA) is 82.4 Å². The summed E-state index contributed by atoms with van der Waals surface area (Å²) in [5, 5.41) is 11.7. The molecule has 126 valence electrons. The van der Waals surface area contributed by atoms with E-state index in [1.165, 1.54) is 26.2 Å². The number of ether oxygens (including phenoxy) is 1. The highest BCUT2D eigenvalue weighted by molar-refractivity contribution is 5.95. The molecule has 1 saturated heterocycles. The highest BCUT2D eigenvalue weighted by Gasteiger charge is 2.17. The number of rotatable bonds is 4. The number of likely N-dealkylation sites (tertiary alicyclic amines) is 1. The monoisotopic (exact) mass is 327 g/mol. The van der Waals surface area contributed by atoms with Crippen LogP contribution in [0.15, 0.2) is 36.0 Å². The van der Waals surface area contributed by atoms with Crippen LogP contribution in [0, 0.1) is 11.3 Å². The van der Waals surface area contributed by atoms with Crippen molar-refractivity contribution in [1.82, 2.24) is 4.90 Å². The van der Waals surface area contributed by atoms with Crippen LogP contribution in [-0.2, 0) is 9.53 Å². The fourth-order valence-corrected chi connectivity index (χ4v) is 2.57. The lowest BCUT2D eigenvalue weighted by Gasteiger charge is -2.20. The molecule has 1 aromatic carbocycles. The Morgan fingerprint density at radius 3 is 2.33 bits per heavy atom. The third-order valence-corrected chi connectivity index (χ3v) is 3.93. The molecule has 1 fully saturated rings. The van der Waals surface area contributed by atoms with E-state index in [4.69, 9.17) is 5.26 Å². The minimum absolute atomic E-state index is 0.0475. The molecule has 1 aliphatic heterocycles. The van der Waals surface area contributed by atoms with Crippen molar-refractivity contribution in [2.45, 2.75) is 25.7 Å². The van der Waals surface area contributed by atoms with Crippen LogP contribution in [0.2, 0.25) is 0 Å². The predicted molar refractivity (Wildman–Crippen MR) is 90.1 cm³/mol. The molecule has 24 heavy (non-hydrogen) atoms. The summed E-state index contributed by atoms with van der Waals surface area (Å²) in [4.78, 5) is 25.7. The van der Waals surface area contributed by atoms with Crippen molar-refractivity contribution in [3.05, 3.63) is 41.6 Å². The third kappa shape index (κ3) is 4.59. The van der Waals surface area contributed by atoms with Crippen LogP contribution >= 0.6 is 0 Å². The van der Waals surface area contributed by atoms with Gasteiger partial charge in [0.2, 0.25) is 0 Å². The molecule has 6 nitrogen and oxygen atoms in total. The van der Waals surface area contributed by atoms with Gasteiger partial charge >= 0.3 is 5.97 Å². The highest BCUT2D eigenvalue weighted by atomic mass is 16.5. The maximum absolute atomic E-state index is 12.5. The van der Waals surface area contributed by atoms with Gasteiger partial charge in [-0.2, -0.15) is 5.26 Å². The van der Waals surface area contributed by atoms with Gasteiger partial charge in [0.15, 0.2) is 5.57 Å². The van der Waals surface area contributed by atoms with Crippen molar-refractivity contribution in [3.63, 3.8) is 0 Å². The average Bonchev–Trinajstić information content (AvgIpc) is 2.91. The Kier molecular flexibility index (Phi) is 6.38. The minimum atomic E-state index is -0.696. The lowest BCUT2D eigenvalue weighted by atomic mass is 10.1. The minimum Gasteiger partial charge on any atom is -0.465 e. The van der Waals surface area contributed by atoms with E-state index in [9.17, 15) is 9.59 Å². The van der Waals surface area contributed by atoms with E-state index in [1.54, 1.807) is 30.3 Å². The number of hydrogen-bond donors (Lipinski definition) is 1. The van der Waals surface area contributed by atoms with Crippen molar-refractivity contribution >= 4 is 17.6 Å². The van der Waals surface area contributed by atoms with E-state index >= 15 is 0 Å². The van der Waals surface area contributed by atoms with E-state index in [-0.39, 0.29) is 11.5 Å². The zero-order chi connectivity index (χ0) is 17.4. The Morgan fingerprint density at radius 2 is 1.79 bits per heavy atom. The Morgan fingerprint density at radius 1 is 1.17 bits per heavy atom. The van der Waals surface area contributed by atoms with Gasteiger partial charge in [-0.1, -0.05) is 12.8 Å². The second-order valence-electron chi connectivity index (χ2n) is 5.59. The standard InChI is InChI=1S/C18H21N3O3/c1-24-18(23)15(12-19)13-20-16-8-6-14(7-9-16)17(22)21-10-4-2-3-5-11-21/h6-9,13,20H,2-5,10-11H2,1H3/b15-13+. The van der Waals surface area contributed by atoms with Crippen molar-refractivity contribution in [2.75, 3.05) is 25.5 Å². The number of amides is 1. The average molecular weight is 327 g/mol. The van der Waals surface area contributed by atoms with Gasteiger partial charge in [0.05, 0.1) is 7.11 Å².